The normalized spacial score (nSPS) is 27.2. The van der Waals surface area contributed by atoms with Gasteiger partial charge in [-0.25, -0.2) is 22.4 Å². The minimum Gasteiger partial charge on any atom is -0.464 e. The summed E-state index contributed by atoms with van der Waals surface area (Å²) in [6.45, 7) is 0. The third-order valence-electron chi connectivity index (χ3n) is 4.90. The SMILES string of the molecule is COC(=O)c1c(N)c(C#N)cn1-c1cccc(C2C(F)C(F)CC(F)C2F)c1. The number of ether oxygens (including phenoxy) is 1. The maximum Gasteiger partial charge on any atom is 0.357 e. The van der Waals surface area contributed by atoms with E-state index in [1.165, 1.54) is 35.0 Å². The predicted octanol–water partition coefficient (Wildman–Crippen LogP) is 3.56. The smallest absolute Gasteiger partial charge is 0.357 e. The van der Waals surface area contributed by atoms with Crippen LogP contribution in [0, 0.1) is 11.3 Å². The van der Waals surface area contributed by atoms with Gasteiger partial charge in [0.1, 0.15) is 30.8 Å². The number of hydrogen-bond donors (Lipinski definition) is 1. The van der Waals surface area contributed by atoms with Crippen LogP contribution >= 0.6 is 0 Å². The minimum atomic E-state index is -2.21. The summed E-state index contributed by atoms with van der Waals surface area (Å²) in [5.41, 5.74) is 5.85. The molecule has 148 valence electrons. The second-order valence-electron chi connectivity index (χ2n) is 6.56. The summed E-state index contributed by atoms with van der Waals surface area (Å²) in [6.07, 6.45) is -8.20. The molecule has 0 spiro atoms. The topological polar surface area (TPSA) is 81.0 Å². The Morgan fingerprint density at radius 1 is 1.25 bits per heavy atom. The first-order valence-electron chi connectivity index (χ1n) is 8.46. The molecule has 0 radical (unpaired) electrons. The monoisotopic (exact) mass is 395 g/mol. The van der Waals surface area contributed by atoms with Crippen molar-refractivity contribution in [2.75, 3.05) is 12.8 Å². The fourth-order valence-electron chi connectivity index (χ4n) is 3.47. The number of rotatable bonds is 3. The van der Waals surface area contributed by atoms with Gasteiger partial charge >= 0.3 is 5.97 Å². The second-order valence-corrected chi connectivity index (χ2v) is 6.56. The van der Waals surface area contributed by atoms with E-state index in [4.69, 9.17) is 11.0 Å². The second kappa shape index (κ2) is 7.54. The zero-order valence-corrected chi connectivity index (χ0v) is 14.8. The van der Waals surface area contributed by atoms with Crippen LogP contribution in [0.5, 0.6) is 0 Å². The Morgan fingerprint density at radius 2 is 1.89 bits per heavy atom. The van der Waals surface area contributed by atoms with Crippen LogP contribution in [-0.4, -0.2) is 42.3 Å². The summed E-state index contributed by atoms with van der Waals surface area (Å²) in [5, 5.41) is 9.17. The standard InChI is InChI=1S/C19H17F4N3O2/c1-28-19(27)18-17(25)10(7-24)8-26(18)11-4-2-3-9(5-11)14-15(22)12(20)6-13(21)16(14)23/h2-5,8,12-16H,6,25H2,1H3. The number of methoxy groups -OCH3 is 1. The molecule has 4 unspecified atom stereocenters. The van der Waals surface area contributed by atoms with E-state index in [9.17, 15) is 22.4 Å². The largest absolute Gasteiger partial charge is 0.464 e. The van der Waals surface area contributed by atoms with Gasteiger partial charge in [-0.05, 0) is 17.7 Å². The molecular weight excluding hydrogens is 378 g/mol. The van der Waals surface area contributed by atoms with Gasteiger partial charge in [0.2, 0.25) is 0 Å². The fourth-order valence-corrected chi connectivity index (χ4v) is 3.47. The zero-order chi connectivity index (χ0) is 20.6. The Hall–Kier alpha value is -3.02. The van der Waals surface area contributed by atoms with Crippen molar-refractivity contribution >= 4 is 11.7 Å². The first-order chi connectivity index (χ1) is 13.3. The molecular formula is C19H17F4N3O2. The molecule has 1 aliphatic rings. The number of nitriles is 1. The molecule has 0 aliphatic heterocycles. The van der Waals surface area contributed by atoms with Crippen molar-refractivity contribution in [3.05, 3.63) is 47.3 Å². The van der Waals surface area contributed by atoms with E-state index < -0.39 is 43.0 Å². The van der Waals surface area contributed by atoms with Crippen LogP contribution in [0.3, 0.4) is 0 Å². The quantitative estimate of drug-likeness (QED) is 0.637. The van der Waals surface area contributed by atoms with Crippen molar-refractivity contribution < 1.29 is 27.1 Å². The lowest BCUT2D eigenvalue weighted by Gasteiger charge is -2.34. The Balaban J connectivity index is 2.10. The van der Waals surface area contributed by atoms with Crippen molar-refractivity contribution in [3.63, 3.8) is 0 Å². The highest BCUT2D eigenvalue weighted by Gasteiger charge is 2.47. The first-order valence-corrected chi connectivity index (χ1v) is 8.46. The Morgan fingerprint density at radius 3 is 2.46 bits per heavy atom. The number of benzene rings is 1. The Labute approximate surface area is 158 Å². The molecule has 2 N–H and O–H groups in total. The molecule has 28 heavy (non-hydrogen) atoms. The van der Waals surface area contributed by atoms with Crippen LogP contribution in [0.15, 0.2) is 30.5 Å². The van der Waals surface area contributed by atoms with E-state index >= 15 is 0 Å². The van der Waals surface area contributed by atoms with E-state index in [1.807, 2.05) is 6.07 Å². The first kappa shape index (κ1) is 19.7. The number of aromatic nitrogens is 1. The average molecular weight is 395 g/mol. The van der Waals surface area contributed by atoms with Crippen LogP contribution in [-0.2, 0) is 4.74 Å². The van der Waals surface area contributed by atoms with Crippen LogP contribution in [0.1, 0.15) is 34.0 Å². The molecule has 1 aromatic heterocycles. The van der Waals surface area contributed by atoms with E-state index in [-0.39, 0.29) is 28.2 Å². The van der Waals surface area contributed by atoms with Gasteiger partial charge < -0.3 is 15.0 Å². The van der Waals surface area contributed by atoms with Gasteiger partial charge in [-0.15, -0.1) is 0 Å². The number of hydrogen-bond acceptors (Lipinski definition) is 4. The number of nitrogen functional groups attached to an aromatic ring is 1. The van der Waals surface area contributed by atoms with E-state index in [1.54, 1.807) is 0 Å². The highest BCUT2D eigenvalue weighted by Crippen LogP contribution is 2.41. The van der Waals surface area contributed by atoms with Gasteiger partial charge in [0, 0.05) is 18.3 Å². The molecule has 1 saturated carbocycles. The van der Waals surface area contributed by atoms with Gasteiger partial charge in [0.05, 0.1) is 24.3 Å². The summed E-state index contributed by atoms with van der Waals surface area (Å²) in [4.78, 5) is 12.1. The summed E-state index contributed by atoms with van der Waals surface area (Å²) in [7, 11) is 1.13. The number of carbonyl (C=O) groups excluding carboxylic acids is 1. The molecule has 4 atom stereocenters. The molecule has 0 saturated heterocycles. The summed E-state index contributed by atoms with van der Waals surface area (Å²) >= 11 is 0. The van der Waals surface area contributed by atoms with Crippen LogP contribution < -0.4 is 5.73 Å². The lowest BCUT2D eigenvalue weighted by molar-refractivity contribution is -0.00570. The maximum absolute atomic E-state index is 14.3. The summed E-state index contributed by atoms with van der Waals surface area (Å²) in [6, 6.07) is 7.43. The summed E-state index contributed by atoms with van der Waals surface area (Å²) in [5.74, 6) is -2.45. The third-order valence-corrected chi connectivity index (χ3v) is 4.90. The van der Waals surface area contributed by atoms with E-state index in [0.29, 0.717) is 0 Å². The Bertz CT molecular complexity index is 926. The molecule has 1 aromatic carbocycles. The van der Waals surface area contributed by atoms with E-state index in [2.05, 4.69) is 4.74 Å². The number of nitrogens with zero attached hydrogens (tertiary/aromatic N) is 2. The average Bonchev–Trinajstić information content (AvgIpc) is 3.02. The number of halogens is 4. The lowest BCUT2D eigenvalue weighted by atomic mass is 9.79. The number of nitrogens with two attached hydrogens (primary N) is 1. The number of alkyl halides is 4. The fraction of sp³-hybridized carbons (Fsp3) is 0.368. The maximum atomic E-state index is 14.3. The van der Waals surface area contributed by atoms with Gasteiger partial charge in [-0.1, -0.05) is 12.1 Å². The van der Waals surface area contributed by atoms with Crippen LogP contribution in [0.4, 0.5) is 23.2 Å². The lowest BCUT2D eigenvalue weighted by Crippen LogP contribution is -2.43. The van der Waals surface area contributed by atoms with Crippen LogP contribution in [0.25, 0.3) is 5.69 Å². The van der Waals surface area contributed by atoms with E-state index in [0.717, 1.165) is 7.11 Å². The third kappa shape index (κ3) is 3.19. The zero-order valence-electron chi connectivity index (χ0n) is 14.8. The number of anilines is 1. The number of esters is 1. The molecule has 1 heterocycles. The molecule has 1 aliphatic carbocycles. The van der Waals surface area contributed by atoms with Crippen molar-refractivity contribution in [2.45, 2.75) is 37.0 Å². The van der Waals surface area contributed by atoms with Gasteiger partial charge in [0.25, 0.3) is 0 Å². The highest BCUT2D eigenvalue weighted by atomic mass is 19.2. The van der Waals surface area contributed by atoms with Crippen molar-refractivity contribution in [2.24, 2.45) is 0 Å². The summed E-state index contributed by atoms with van der Waals surface area (Å²) < 4.78 is 62.2. The van der Waals surface area contributed by atoms with Crippen molar-refractivity contribution in [1.82, 2.24) is 4.57 Å². The molecule has 3 rings (SSSR count). The predicted molar refractivity (Wildman–Crippen MR) is 93.2 cm³/mol. The minimum absolute atomic E-state index is 0.00264. The molecule has 0 amide bonds. The van der Waals surface area contributed by atoms with Crippen LogP contribution in [0.2, 0.25) is 0 Å². The molecule has 9 heteroatoms. The molecule has 2 aromatic rings. The Kier molecular flexibility index (Phi) is 5.31. The molecule has 5 nitrogen and oxygen atoms in total. The van der Waals surface area contributed by atoms with Crippen molar-refractivity contribution in [3.8, 4) is 11.8 Å². The number of carbonyl (C=O) groups is 1. The van der Waals surface area contributed by atoms with Crippen molar-refractivity contribution in [1.29, 1.82) is 5.26 Å². The van der Waals surface area contributed by atoms with Gasteiger partial charge in [-0.3, -0.25) is 0 Å². The molecule has 0 bridgehead atoms. The highest BCUT2D eigenvalue weighted by molar-refractivity contribution is 5.95. The molecule has 1 fully saturated rings. The van der Waals surface area contributed by atoms with Gasteiger partial charge in [-0.2, -0.15) is 5.26 Å². The van der Waals surface area contributed by atoms with Gasteiger partial charge in [0.15, 0.2) is 5.69 Å².